The lowest BCUT2D eigenvalue weighted by Crippen LogP contribution is -2.36. The Bertz CT molecular complexity index is 445. The van der Waals surface area contributed by atoms with Crippen LogP contribution in [0.15, 0.2) is 18.2 Å². The smallest absolute Gasteiger partial charge is 0.258 e. The third-order valence-electron chi connectivity index (χ3n) is 3.33. The molecule has 0 atom stereocenters. The summed E-state index contributed by atoms with van der Waals surface area (Å²) < 4.78 is 5.42. The molecule has 104 valence electrons. The van der Waals surface area contributed by atoms with Crippen molar-refractivity contribution in [2.45, 2.75) is 38.3 Å². The number of amides is 1. The average Bonchev–Trinajstić information content (AvgIpc) is 2.89. The van der Waals surface area contributed by atoms with Crippen LogP contribution in [0.25, 0.3) is 0 Å². The molecule has 4 nitrogen and oxygen atoms in total. The Hall–Kier alpha value is -1.26. The van der Waals surface area contributed by atoms with Crippen LogP contribution in [0, 0.1) is 0 Å². The Morgan fingerprint density at radius 3 is 2.79 bits per heavy atom. The molecule has 1 amide bonds. The van der Waals surface area contributed by atoms with Crippen molar-refractivity contribution in [3.05, 3.63) is 28.8 Å². The van der Waals surface area contributed by atoms with E-state index in [-0.39, 0.29) is 12.5 Å². The van der Waals surface area contributed by atoms with Crippen molar-refractivity contribution in [2.75, 3.05) is 6.61 Å². The number of carbonyl (C=O) groups excluding carboxylic acids is 1. The normalized spacial score (nSPS) is 15.5. The van der Waals surface area contributed by atoms with Crippen LogP contribution in [0.3, 0.4) is 0 Å². The largest absolute Gasteiger partial charge is 0.484 e. The predicted octanol–water partition coefficient (Wildman–Crippen LogP) is 2.24. The molecule has 0 aliphatic heterocycles. The first-order chi connectivity index (χ1) is 9.19. The van der Waals surface area contributed by atoms with E-state index >= 15 is 0 Å². The zero-order valence-corrected chi connectivity index (χ0v) is 11.6. The van der Waals surface area contributed by atoms with E-state index in [0.29, 0.717) is 23.4 Å². The van der Waals surface area contributed by atoms with Gasteiger partial charge < -0.3 is 15.8 Å². The van der Waals surface area contributed by atoms with Crippen LogP contribution in [-0.4, -0.2) is 18.6 Å². The molecule has 1 aliphatic rings. The van der Waals surface area contributed by atoms with Gasteiger partial charge in [-0.3, -0.25) is 4.79 Å². The van der Waals surface area contributed by atoms with E-state index in [4.69, 9.17) is 22.1 Å². The molecule has 0 heterocycles. The quantitative estimate of drug-likeness (QED) is 0.870. The molecule has 3 N–H and O–H groups in total. The summed E-state index contributed by atoms with van der Waals surface area (Å²) in [7, 11) is 0. The van der Waals surface area contributed by atoms with E-state index in [1.165, 1.54) is 12.8 Å². The molecule has 1 aromatic rings. The Morgan fingerprint density at radius 2 is 2.16 bits per heavy atom. The lowest BCUT2D eigenvalue weighted by atomic mass is 10.2. The molecule has 0 bridgehead atoms. The zero-order valence-electron chi connectivity index (χ0n) is 10.8. The second-order valence-corrected chi connectivity index (χ2v) is 5.20. The van der Waals surface area contributed by atoms with Gasteiger partial charge in [-0.15, -0.1) is 0 Å². The average molecular weight is 283 g/mol. The lowest BCUT2D eigenvalue weighted by molar-refractivity contribution is -0.123. The first-order valence-corrected chi connectivity index (χ1v) is 6.97. The highest BCUT2D eigenvalue weighted by Crippen LogP contribution is 2.22. The van der Waals surface area contributed by atoms with Crippen LogP contribution in [0.2, 0.25) is 5.02 Å². The number of nitrogens with two attached hydrogens (primary N) is 1. The van der Waals surface area contributed by atoms with Crippen LogP contribution in [-0.2, 0) is 11.3 Å². The van der Waals surface area contributed by atoms with Gasteiger partial charge >= 0.3 is 0 Å². The minimum atomic E-state index is -0.0778. The number of ether oxygens (including phenoxy) is 1. The molecule has 2 rings (SSSR count). The second-order valence-electron chi connectivity index (χ2n) is 4.79. The van der Waals surface area contributed by atoms with Crippen molar-refractivity contribution in [3.8, 4) is 5.75 Å². The van der Waals surface area contributed by atoms with Gasteiger partial charge in [-0.1, -0.05) is 30.5 Å². The first kappa shape index (κ1) is 14.2. The number of rotatable bonds is 5. The minimum Gasteiger partial charge on any atom is -0.484 e. The van der Waals surface area contributed by atoms with Crippen molar-refractivity contribution in [2.24, 2.45) is 5.73 Å². The van der Waals surface area contributed by atoms with E-state index < -0.39 is 0 Å². The van der Waals surface area contributed by atoms with Gasteiger partial charge in [-0.05, 0) is 30.5 Å². The van der Waals surface area contributed by atoms with Crippen LogP contribution in [0.1, 0.15) is 31.2 Å². The van der Waals surface area contributed by atoms with Crippen molar-refractivity contribution in [3.63, 3.8) is 0 Å². The lowest BCUT2D eigenvalue weighted by Gasteiger charge is -2.13. The van der Waals surface area contributed by atoms with Crippen molar-refractivity contribution < 1.29 is 9.53 Å². The summed E-state index contributed by atoms with van der Waals surface area (Å²) in [5.74, 6) is 0.509. The van der Waals surface area contributed by atoms with Crippen LogP contribution < -0.4 is 15.8 Å². The van der Waals surface area contributed by atoms with Gasteiger partial charge in [-0.2, -0.15) is 0 Å². The van der Waals surface area contributed by atoms with E-state index in [1.807, 2.05) is 6.07 Å². The molecule has 1 aromatic carbocycles. The Labute approximate surface area is 118 Å². The molecule has 1 fully saturated rings. The SMILES string of the molecule is NCc1ccc(OCC(=O)NC2CCCC2)cc1Cl. The summed E-state index contributed by atoms with van der Waals surface area (Å²) in [6.07, 6.45) is 4.54. The number of carbonyl (C=O) groups is 1. The summed E-state index contributed by atoms with van der Waals surface area (Å²) in [6, 6.07) is 5.59. The highest BCUT2D eigenvalue weighted by Gasteiger charge is 2.17. The van der Waals surface area contributed by atoms with Crippen LogP contribution >= 0.6 is 11.6 Å². The molecule has 0 unspecified atom stereocenters. The summed E-state index contributed by atoms with van der Waals surface area (Å²) in [6.45, 7) is 0.413. The summed E-state index contributed by atoms with van der Waals surface area (Å²) in [4.78, 5) is 11.7. The zero-order chi connectivity index (χ0) is 13.7. The highest BCUT2D eigenvalue weighted by atomic mass is 35.5. The minimum absolute atomic E-state index is 0.0226. The third-order valence-corrected chi connectivity index (χ3v) is 3.69. The monoisotopic (exact) mass is 282 g/mol. The molecule has 0 aromatic heterocycles. The molecule has 5 heteroatoms. The van der Waals surface area contributed by atoms with Gasteiger partial charge in [0.05, 0.1) is 0 Å². The van der Waals surface area contributed by atoms with E-state index in [1.54, 1.807) is 12.1 Å². The van der Waals surface area contributed by atoms with Gasteiger partial charge in [0.15, 0.2) is 6.61 Å². The van der Waals surface area contributed by atoms with Crippen molar-refractivity contribution >= 4 is 17.5 Å². The molecule has 0 spiro atoms. The fraction of sp³-hybridized carbons (Fsp3) is 0.500. The molecule has 1 aliphatic carbocycles. The number of benzene rings is 1. The van der Waals surface area contributed by atoms with E-state index in [9.17, 15) is 4.79 Å². The van der Waals surface area contributed by atoms with Gasteiger partial charge in [0.1, 0.15) is 5.75 Å². The fourth-order valence-corrected chi connectivity index (χ4v) is 2.52. The van der Waals surface area contributed by atoms with Gasteiger partial charge in [0.25, 0.3) is 5.91 Å². The Balaban J connectivity index is 1.81. The molecule has 0 radical (unpaired) electrons. The maximum absolute atomic E-state index is 11.7. The van der Waals surface area contributed by atoms with E-state index in [0.717, 1.165) is 18.4 Å². The summed E-state index contributed by atoms with van der Waals surface area (Å²) >= 11 is 6.02. The number of hydrogen-bond acceptors (Lipinski definition) is 3. The maximum Gasteiger partial charge on any atom is 0.258 e. The summed E-state index contributed by atoms with van der Waals surface area (Å²) in [5.41, 5.74) is 6.39. The summed E-state index contributed by atoms with van der Waals surface area (Å²) in [5, 5.41) is 3.54. The Morgan fingerprint density at radius 1 is 1.42 bits per heavy atom. The molecule has 1 saturated carbocycles. The topological polar surface area (TPSA) is 64.3 Å². The standard InChI is InChI=1S/C14H19ClN2O2/c15-13-7-12(6-5-10(13)8-16)19-9-14(18)17-11-3-1-2-4-11/h5-7,11H,1-4,8-9,16H2,(H,17,18). The van der Waals surface area contributed by atoms with Gasteiger partial charge in [-0.25, -0.2) is 0 Å². The molecular formula is C14H19ClN2O2. The van der Waals surface area contributed by atoms with Crippen LogP contribution in [0.4, 0.5) is 0 Å². The highest BCUT2D eigenvalue weighted by molar-refractivity contribution is 6.31. The van der Waals surface area contributed by atoms with Gasteiger partial charge in [0, 0.05) is 17.6 Å². The van der Waals surface area contributed by atoms with E-state index in [2.05, 4.69) is 5.32 Å². The molecule has 0 saturated heterocycles. The first-order valence-electron chi connectivity index (χ1n) is 6.59. The molecule has 19 heavy (non-hydrogen) atoms. The third kappa shape index (κ3) is 4.11. The fourth-order valence-electron chi connectivity index (χ4n) is 2.27. The number of halogens is 1. The Kier molecular flexibility index (Phi) is 5.05. The van der Waals surface area contributed by atoms with Crippen LogP contribution in [0.5, 0.6) is 5.75 Å². The number of hydrogen-bond donors (Lipinski definition) is 2. The number of nitrogens with one attached hydrogen (secondary N) is 1. The van der Waals surface area contributed by atoms with Crippen molar-refractivity contribution in [1.29, 1.82) is 0 Å². The predicted molar refractivity (Wildman–Crippen MR) is 75.2 cm³/mol. The van der Waals surface area contributed by atoms with Gasteiger partial charge in [0.2, 0.25) is 0 Å². The van der Waals surface area contributed by atoms with Crippen molar-refractivity contribution in [1.82, 2.24) is 5.32 Å². The maximum atomic E-state index is 11.7. The molecular weight excluding hydrogens is 264 g/mol. The second kappa shape index (κ2) is 6.78.